The Hall–Kier alpha value is -3.67. The SMILES string of the molecule is Cc1cccc(-c2nc(Nc3cncnc3)cnc2-c2ccncc2)c1. The summed E-state index contributed by atoms with van der Waals surface area (Å²) in [6.07, 6.45) is 10.1. The van der Waals surface area contributed by atoms with Crippen LogP contribution in [0.1, 0.15) is 5.56 Å². The van der Waals surface area contributed by atoms with Gasteiger partial charge in [-0.1, -0.05) is 23.8 Å². The van der Waals surface area contributed by atoms with Crippen LogP contribution in [-0.2, 0) is 0 Å². The summed E-state index contributed by atoms with van der Waals surface area (Å²) in [6.45, 7) is 2.06. The molecule has 1 aromatic carbocycles. The molecule has 0 atom stereocenters. The molecule has 6 heteroatoms. The first-order chi connectivity index (χ1) is 12.8. The number of aryl methyl sites for hydroxylation is 1. The van der Waals surface area contributed by atoms with Gasteiger partial charge >= 0.3 is 0 Å². The average molecular weight is 340 g/mol. The lowest BCUT2D eigenvalue weighted by Gasteiger charge is -2.12. The van der Waals surface area contributed by atoms with Gasteiger partial charge in [-0.2, -0.15) is 0 Å². The molecule has 3 aromatic heterocycles. The Morgan fingerprint density at radius 2 is 1.62 bits per heavy atom. The van der Waals surface area contributed by atoms with Gasteiger partial charge < -0.3 is 5.32 Å². The molecule has 4 aromatic rings. The van der Waals surface area contributed by atoms with Crippen molar-refractivity contribution in [1.29, 1.82) is 0 Å². The van der Waals surface area contributed by atoms with E-state index in [0.717, 1.165) is 28.2 Å². The molecule has 126 valence electrons. The Kier molecular flexibility index (Phi) is 4.30. The standard InChI is InChI=1S/C20H16N6/c1-14-3-2-4-16(9-14)20-19(15-5-7-21-8-6-15)24-12-18(26-20)25-17-10-22-13-23-11-17/h2-13H,1H3,(H,25,26). The van der Waals surface area contributed by atoms with Crippen LogP contribution in [0.2, 0.25) is 0 Å². The van der Waals surface area contributed by atoms with Crippen LogP contribution in [0.25, 0.3) is 22.5 Å². The molecule has 0 saturated carbocycles. The molecule has 0 amide bonds. The van der Waals surface area contributed by atoms with Crippen LogP contribution in [0.4, 0.5) is 11.5 Å². The van der Waals surface area contributed by atoms with Gasteiger partial charge in [-0.25, -0.2) is 15.0 Å². The fourth-order valence-corrected chi connectivity index (χ4v) is 2.68. The van der Waals surface area contributed by atoms with Crippen LogP contribution in [-0.4, -0.2) is 24.9 Å². The van der Waals surface area contributed by atoms with Crippen LogP contribution in [0, 0.1) is 6.92 Å². The number of anilines is 2. The normalized spacial score (nSPS) is 10.5. The minimum atomic E-state index is 0.633. The Labute approximate surface area is 151 Å². The van der Waals surface area contributed by atoms with Crippen LogP contribution in [0.15, 0.2) is 73.7 Å². The van der Waals surface area contributed by atoms with Crippen molar-refractivity contribution in [3.05, 3.63) is 79.3 Å². The van der Waals surface area contributed by atoms with Crippen LogP contribution in [0.3, 0.4) is 0 Å². The summed E-state index contributed by atoms with van der Waals surface area (Å²) in [5, 5.41) is 3.20. The van der Waals surface area contributed by atoms with Crippen molar-refractivity contribution in [2.24, 2.45) is 0 Å². The molecule has 0 fully saturated rings. The van der Waals surface area contributed by atoms with Gasteiger partial charge in [0.2, 0.25) is 0 Å². The summed E-state index contributed by atoms with van der Waals surface area (Å²) < 4.78 is 0. The maximum absolute atomic E-state index is 4.81. The maximum Gasteiger partial charge on any atom is 0.149 e. The highest BCUT2D eigenvalue weighted by atomic mass is 15.0. The van der Waals surface area contributed by atoms with E-state index >= 15 is 0 Å². The van der Waals surface area contributed by atoms with Crippen molar-refractivity contribution in [1.82, 2.24) is 24.9 Å². The van der Waals surface area contributed by atoms with Gasteiger partial charge in [0.1, 0.15) is 12.1 Å². The molecule has 26 heavy (non-hydrogen) atoms. The molecule has 1 N–H and O–H groups in total. The lowest BCUT2D eigenvalue weighted by atomic mass is 10.0. The van der Waals surface area contributed by atoms with Gasteiger partial charge in [-0.3, -0.25) is 9.97 Å². The molecule has 4 rings (SSSR count). The van der Waals surface area contributed by atoms with Crippen molar-refractivity contribution in [3.63, 3.8) is 0 Å². The largest absolute Gasteiger partial charge is 0.336 e. The molecular weight excluding hydrogens is 324 g/mol. The number of hydrogen-bond acceptors (Lipinski definition) is 6. The zero-order chi connectivity index (χ0) is 17.8. The second-order valence-corrected chi connectivity index (χ2v) is 5.81. The highest BCUT2D eigenvalue weighted by molar-refractivity contribution is 5.79. The van der Waals surface area contributed by atoms with Gasteiger partial charge in [0.15, 0.2) is 0 Å². The molecule has 0 radical (unpaired) electrons. The van der Waals surface area contributed by atoms with E-state index < -0.39 is 0 Å². The van der Waals surface area contributed by atoms with E-state index in [1.807, 2.05) is 24.3 Å². The van der Waals surface area contributed by atoms with E-state index in [2.05, 4.69) is 44.3 Å². The molecule has 0 unspecified atom stereocenters. The topological polar surface area (TPSA) is 76.5 Å². The molecule has 6 nitrogen and oxygen atoms in total. The smallest absolute Gasteiger partial charge is 0.149 e. The van der Waals surface area contributed by atoms with Crippen LogP contribution in [0.5, 0.6) is 0 Å². The highest BCUT2D eigenvalue weighted by Gasteiger charge is 2.12. The lowest BCUT2D eigenvalue weighted by Crippen LogP contribution is -2.00. The number of aromatic nitrogens is 5. The van der Waals surface area contributed by atoms with Crippen molar-refractivity contribution >= 4 is 11.5 Å². The predicted octanol–water partition coefficient (Wildman–Crippen LogP) is 4.05. The number of hydrogen-bond donors (Lipinski definition) is 1. The van der Waals surface area contributed by atoms with Crippen LogP contribution < -0.4 is 5.32 Å². The Bertz CT molecular complexity index is 1020. The zero-order valence-electron chi connectivity index (χ0n) is 14.2. The Morgan fingerprint density at radius 1 is 0.808 bits per heavy atom. The van der Waals surface area contributed by atoms with E-state index in [9.17, 15) is 0 Å². The minimum absolute atomic E-state index is 0.633. The molecule has 0 aliphatic carbocycles. The molecule has 0 saturated heterocycles. The number of pyridine rings is 1. The molecule has 0 bridgehead atoms. The zero-order valence-corrected chi connectivity index (χ0v) is 14.2. The van der Waals surface area contributed by atoms with Crippen molar-refractivity contribution in [2.45, 2.75) is 6.92 Å². The van der Waals surface area contributed by atoms with E-state index in [1.54, 1.807) is 31.0 Å². The first-order valence-electron chi connectivity index (χ1n) is 8.16. The fraction of sp³-hybridized carbons (Fsp3) is 0.0500. The number of nitrogens with zero attached hydrogens (tertiary/aromatic N) is 5. The summed E-state index contributed by atoms with van der Waals surface area (Å²) in [6, 6.07) is 12.1. The summed E-state index contributed by atoms with van der Waals surface area (Å²) in [5.74, 6) is 0.633. The second kappa shape index (κ2) is 7.06. The predicted molar refractivity (Wildman–Crippen MR) is 101 cm³/mol. The van der Waals surface area contributed by atoms with Gasteiger partial charge in [0, 0.05) is 23.5 Å². The first-order valence-corrected chi connectivity index (χ1v) is 8.16. The van der Waals surface area contributed by atoms with E-state index in [1.165, 1.54) is 11.9 Å². The fourth-order valence-electron chi connectivity index (χ4n) is 2.68. The lowest BCUT2D eigenvalue weighted by molar-refractivity contribution is 1.15. The van der Waals surface area contributed by atoms with E-state index in [-0.39, 0.29) is 0 Å². The van der Waals surface area contributed by atoms with Gasteiger partial charge in [-0.15, -0.1) is 0 Å². The summed E-state index contributed by atoms with van der Waals surface area (Å²) in [5.41, 5.74) is 5.53. The number of benzene rings is 1. The third-order valence-corrected chi connectivity index (χ3v) is 3.85. The Balaban J connectivity index is 1.82. The Morgan fingerprint density at radius 3 is 2.38 bits per heavy atom. The quantitative estimate of drug-likeness (QED) is 0.604. The van der Waals surface area contributed by atoms with E-state index in [4.69, 9.17) is 4.98 Å². The van der Waals surface area contributed by atoms with E-state index in [0.29, 0.717) is 5.82 Å². The third kappa shape index (κ3) is 3.39. The van der Waals surface area contributed by atoms with Crippen molar-refractivity contribution in [3.8, 4) is 22.5 Å². The highest BCUT2D eigenvalue weighted by Crippen LogP contribution is 2.30. The molecule has 3 heterocycles. The maximum atomic E-state index is 4.81. The molecule has 0 aliphatic heterocycles. The minimum Gasteiger partial charge on any atom is -0.336 e. The third-order valence-electron chi connectivity index (χ3n) is 3.85. The molecule has 0 aliphatic rings. The monoisotopic (exact) mass is 340 g/mol. The summed E-state index contributed by atoms with van der Waals surface area (Å²) in [7, 11) is 0. The van der Waals surface area contributed by atoms with Gasteiger partial charge in [0.25, 0.3) is 0 Å². The summed E-state index contributed by atoms with van der Waals surface area (Å²) in [4.78, 5) is 21.6. The molecule has 0 spiro atoms. The van der Waals surface area contributed by atoms with Gasteiger partial charge in [0.05, 0.1) is 35.7 Å². The number of rotatable bonds is 4. The van der Waals surface area contributed by atoms with Crippen molar-refractivity contribution in [2.75, 3.05) is 5.32 Å². The number of nitrogens with one attached hydrogen (secondary N) is 1. The second-order valence-electron chi connectivity index (χ2n) is 5.81. The summed E-state index contributed by atoms with van der Waals surface area (Å²) >= 11 is 0. The average Bonchev–Trinajstić information content (AvgIpc) is 2.69. The molecular formula is C20H16N6. The first kappa shape index (κ1) is 15.8. The van der Waals surface area contributed by atoms with Crippen LogP contribution >= 0.6 is 0 Å². The van der Waals surface area contributed by atoms with Gasteiger partial charge in [-0.05, 0) is 25.1 Å². The van der Waals surface area contributed by atoms with Crippen molar-refractivity contribution < 1.29 is 0 Å².